The van der Waals surface area contributed by atoms with E-state index in [0.717, 1.165) is 6.07 Å². The van der Waals surface area contributed by atoms with Crippen LogP contribution in [0.1, 0.15) is 5.56 Å². The molecule has 0 aliphatic rings. The second kappa shape index (κ2) is 6.21. The lowest BCUT2D eigenvalue weighted by Crippen LogP contribution is -2.24. The van der Waals surface area contributed by atoms with Gasteiger partial charge in [0, 0.05) is 6.54 Å². The van der Waals surface area contributed by atoms with Crippen molar-refractivity contribution >= 4 is 27.6 Å². The van der Waals surface area contributed by atoms with E-state index in [4.69, 9.17) is 5.26 Å². The third-order valence-electron chi connectivity index (χ3n) is 2.03. The van der Waals surface area contributed by atoms with Crippen LogP contribution in [0.5, 0.6) is 0 Å². The van der Waals surface area contributed by atoms with Crippen LogP contribution in [0.4, 0.5) is 10.1 Å². The number of ether oxygens (including phenoxy) is 1. The van der Waals surface area contributed by atoms with Crippen molar-refractivity contribution in [3.05, 3.63) is 29.6 Å². The second-order valence-electron chi connectivity index (χ2n) is 3.17. The van der Waals surface area contributed by atoms with Crippen LogP contribution in [0, 0.1) is 17.1 Å². The number of carbonyl (C=O) groups is 1. The van der Waals surface area contributed by atoms with Crippen LogP contribution in [0.2, 0.25) is 0 Å². The zero-order chi connectivity index (χ0) is 12.8. The Hall–Kier alpha value is -1.61. The summed E-state index contributed by atoms with van der Waals surface area (Å²) in [6.07, 6.45) is 0. The van der Waals surface area contributed by atoms with Crippen LogP contribution in [0.3, 0.4) is 0 Å². The van der Waals surface area contributed by atoms with Gasteiger partial charge in [-0.25, -0.2) is 4.39 Å². The fourth-order valence-electron chi connectivity index (χ4n) is 1.17. The molecule has 4 nitrogen and oxygen atoms in total. The Morgan fingerprint density at radius 3 is 3.00 bits per heavy atom. The summed E-state index contributed by atoms with van der Waals surface area (Å²) in [5.41, 5.74) is 0.664. The molecule has 0 aliphatic carbocycles. The van der Waals surface area contributed by atoms with E-state index in [2.05, 4.69) is 26.0 Å². The van der Waals surface area contributed by atoms with E-state index in [1.165, 1.54) is 19.2 Å². The summed E-state index contributed by atoms with van der Waals surface area (Å²) in [5, 5.41) is 11.7. The Morgan fingerprint density at radius 1 is 1.71 bits per heavy atom. The molecule has 1 aromatic carbocycles. The van der Waals surface area contributed by atoms with Crippen LogP contribution in [-0.4, -0.2) is 24.5 Å². The Balaban J connectivity index is 2.70. The van der Waals surface area contributed by atoms with Crippen molar-refractivity contribution in [2.75, 3.05) is 19.0 Å². The number of esters is 1. The van der Waals surface area contributed by atoms with E-state index in [-0.39, 0.29) is 12.1 Å². The highest BCUT2D eigenvalue weighted by Crippen LogP contribution is 2.16. The number of benzene rings is 1. The predicted octanol–water partition coefficient (Wildman–Crippen LogP) is 2.05. The van der Waals surface area contributed by atoms with Crippen LogP contribution in [0.25, 0.3) is 0 Å². The lowest BCUT2D eigenvalue weighted by atomic mass is 10.2. The highest BCUT2D eigenvalue weighted by atomic mass is 79.9. The first kappa shape index (κ1) is 13.5. The van der Waals surface area contributed by atoms with Gasteiger partial charge in [-0.05, 0) is 18.2 Å². The molecule has 17 heavy (non-hydrogen) atoms. The largest absolute Gasteiger partial charge is 0.468 e. The number of carbonyl (C=O) groups excluding carboxylic acids is 1. The molecule has 0 spiro atoms. The first-order valence-electron chi connectivity index (χ1n) is 4.74. The molecule has 90 valence electrons. The van der Waals surface area contributed by atoms with Gasteiger partial charge < -0.3 is 10.1 Å². The number of hydrogen-bond donors (Lipinski definition) is 1. The Morgan fingerprint density at radius 2 is 2.41 bits per heavy atom. The zero-order valence-electron chi connectivity index (χ0n) is 9.04. The summed E-state index contributed by atoms with van der Waals surface area (Å²) >= 11 is 3.13. The maximum Gasteiger partial charge on any atom is 0.321 e. The summed E-state index contributed by atoms with van der Waals surface area (Å²) in [6.45, 7) is 0.243. The number of nitriles is 1. The van der Waals surface area contributed by atoms with Gasteiger partial charge in [0.25, 0.3) is 0 Å². The number of anilines is 1. The van der Waals surface area contributed by atoms with Crippen LogP contribution < -0.4 is 5.32 Å². The summed E-state index contributed by atoms with van der Waals surface area (Å²) in [5.74, 6) is -0.895. The molecule has 1 unspecified atom stereocenters. The molecule has 0 heterocycles. The smallest absolute Gasteiger partial charge is 0.321 e. The van der Waals surface area contributed by atoms with Gasteiger partial charge in [0.1, 0.15) is 16.7 Å². The fraction of sp³-hybridized carbons (Fsp3) is 0.273. The molecule has 0 fully saturated rings. The van der Waals surface area contributed by atoms with Crippen molar-refractivity contribution in [2.24, 2.45) is 0 Å². The average molecular weight is 301 g/mol. The maximum absolute atomic E-state index is 12.9. The quantitative estimate of drug-likeness (QED) is 0.683. The zero-order valence-corrected chi connectivity index (χ0v) is 10.6. The van der Waals surface area contributed by atoms with Crippen molar-refractivity contribution in [2.45, 2.75) is 4.83 Å². The fourth-order valence-corrected chi connectivity index (χ4v) is 1.52. The molecule has 0 aliphatic heterocycles. The molecule has 1 N–H and O–H groups in total. The number of hydrogen-bond acceptors (Lipinski definition) is 4. The molecule has 1 atom stereocenters. The lowest BCUT2D eigenvalue weighted by molar-refractivity contribution is -0.139. The molecule has 0 radical (unpaired) electrons. The SMILES string of the molecule is COC(=O)C(Br)CNc1ccc(F)cc1C#N. The van der Waals surface area contributed by atoms with E-state index in [1.807, 2.05) is 6.07 Å². The number of halogens is 2. The second-order valence-corrected chi connectivity index (χ2v) is 4.28. The average Bonchev–Trinajstić information content (AvgIpc) is 2.35. The van der Waals surface area contributed by atoms with E-state index in [0.29, 0.717) is 5.69 Å². The number of rotatable bonds is 4. The number of nitrogens with one attached hydrogen (secondary N) is 1. The van der Waals surface area contributed by atoms with Crippen molar-refractivity contribution in [3.8, 4) is 6.07 Å². The molecule has 1 aromatic rings. The highest BCUT2D eigenvalue weighted by Gasteiger charge is 2.15. The molecule has 0 saturated carbocycles. The van der Waals surface area contributed by atoms with Crippen molar-refractivity contribution in [1.29, 1.82) is 5.26 Å². The van der Waals surface area contributed by atoms with E-state index in [9.17, 15) is 9.18 Å². The Kier molecular flexibility index (Phi) is 4.91. The first-order chi connectivity index (χ1) is 8.08. The molecular formula is C11H10BrFN2O2. The summed E-state index contributed by atoms with van der Waals surface area (Å²) in [7, 11) is 1.29. The van der Waals surface area contributed by atoms with Gasteiger partial charge in [0.05, 0.1) is 18.4 Å². The summed E-state index contributed by atoms with van der Waals surface area (Å²) < 4.78 is 17.4. The normalized spacial score (nSPS) is 11.4. The lowest BCUT2D eigenvalue weighted by Gasteiger charge is -2.11. The van der Waals surface area contributed by atoms with Gasteiger partial charge in [-0.15, -0.1) is 0 Å². The van der Waals surface area contributed by atoms with Crippen LogP contribution >= 0.6 is 15.9 Å². The van der Waals surface area contributed by atoms with Crippen LogP contribution in [-0.2, 0) is 9.53 Å². The summed E-state index contributed by atoms with van der Waals surface area (Å²) in [4.78, 5) is 10.6. The minimum atomic E-state index is -0.524. The number of nitrogens with zero attached hydrogens (tertiary/aromatic N) is 1. The summed E-state index contributed by atoms with van der Waals surface area (Å²) in [6, 6.07) is 5.69. The molecule has 0 saturated heterocycles. The number of methoxy groups -OCH3 is 1. The van der Waals surface area contributed by atoms with Gasteiger partial charge in [-0.2, -0.15) is 5.26 Å². The van der Waals surface area contributed by atoms with Gasteiger partial charge in [-0.1, -0.05) is 15.9 Å². The third kappa shape index (κ3) is 3.71. The third-order valence-corrected chi connectivity index (χ3v) is 2.73. The predicted molar refractivity (Wildman–Crippen MR) is 64.3 cm³/mol. The van der Waals surface area contributed by atoms with E-state index < -0.39 is 16.6 Å². The standard InChI is InChI=1S/C11H10BrFN2O2/c1-17-11(16)9(12)6-15-10-3-2-8(13)4-7(10)5-14/h2-4,9,15H,6H2,1H3. The van der Waals surface area contributed by atoms with Gasteiger partial charge in [-0.3, -0.25) is 4.79 Å². The van der Waals surface area contributed by atoms with Gasteiger partial charge in [0.15, 0.2) is 0 Å². The van der Waals surface area contributed by atoms with E-state index in [1.54, 1.807) is 0 Å². The van der Waals surface area contributed by atoms with Crippen molar-refractivity contribution in [1.82, 2.24) is 0 Å². The van der Waals surface area contributed by atoms with Crippen molar-refractivity contribution in [3.63, 3.8) is 0 Å². The minimum absolute atomic E-state index is 0.189. The topological polar surface area (TPSA) is 62.1 Å². The molecular weight excluding hydrogens is 291 g/mol. The van der Waals surface area contributed by atoms with Crippen molar-refractivity contribution < 1.29 is 13.9 Å². The van der Waals surface area contributed by atoms with Gasteiger partial charge in [0.2, 0.25) is 0 Å². The Bertz CT molecular complexity index is 459. The molecule has 0 bridgehead atoms. The molecule has 0 aromatic heterocycles. The molecule has 6 heteroatoms. The highest BCUT2D eigenvalue weighted by molar-refractivity contribution is 9.10. The van der Waals surface area contributed by atoms with Gasteiger partial charge >= 0.3 is 5.97 Å². The Labute approximate surface area is 107 Å². The maximum atomic E-state index is 12.9. The number of alkyl halides is 1. The van der Waals surface area contributed by atoms with E-state index >= 15 is 0 Å². The van der Waals surface area contributed by atoms with Crippen LogP contribution in [0.15, 0.2) is 18.2 Å². The molecule has 0 amide bonds. The first-order valence-corrected chi connectivity index (χ1v) is 5.65. The minimum Gasteiger partial charge on any atom is -0.468 e. The molecule has 1 rings (SSSR count). The monoisotopic (exact) mass is 300 g/mol.